The molecule has 0 aliphatic carbocycles. The molecule has 1 unspecified atom stereocenters. The second-order valence-electron chi connectivity index (χ2n) is 3.64. The zero-order valence-corrected chi connectivity index (χ0v) is 8.47. The Morgan fingerprint density at radius 2 is 2.25 bits per heavy atom. The van der Waals surface area contributed by atoms with Crippen molar-refractivity contribution in [1.29, 1.82) is 0 Å². The SMILES string of the molecule is O=C1CCC(c2cccc([N+](=O)[O-])c2)NN1. The van der Waals surface area contributed by atoms with Crippen LogP contribution >= 0.6 is 0 Å². The number of hydrogen-bond acceptors (Lipinski definition) is 4. The van der Waals surface area contributed by atoms with Crippen LogP contribution in [0, 0.1) is 10.1 Å². The number of nitrogens with zero attached hydrogens (tertiary/aromatic N) is 1. The van der Waals surface area contributed by atoms with Crippen molar-refractivity contribution in [1.82, 2.24) is 10.9 Å². The molecule has 6 nitrogen and oxygen atoms in total. The molecule has 2 N–H and O–H groups in total. The van der Waals surface area contributed by atoms with E-state index in [-0.39, 0.29) is 17.6 Å². The van der Waals surface area contributed by atoms with Gasteiger partial charge in [0.05, 0.1) is 11.0 Å². The highest BCUT2D eigenvalue weighted by Gasteiger charge is 2.20. The topological polar surface area (TPSA) is 84.3 Å². The standard InChI is InChI=1S/C10H11N3O3/c14-10-5-4-9(11-12-10)7-2-1-3-8(6-7)13(15)16/h1-3,6,9,11H,4-5H2,(H,12,14). The van der Waals surface area contributed by atoms with Crippen LogP contribution in [0.25, 0.3) is 0 Å². The quantitative estimate of drug-likeness (QED) is 0.577. The molecule has 1 aromatic carbocycles. The molecule has 1 aliphatic heterocycles. The number of rotatable bonds is 2. The normalized spacial score (nSPS) is 20.2. The Morgan fingerprint density at radius 1 is 1.44 bits per heavy atom. The van der Waals surface area contributed by atoms with Gasteiger partial charge in [-0.05, 0) is 12.0 Å². The van der Waals surface area contributed by atoms with Gasteiger partial charge in [0.25, 0.3) is 5.69 Å². The van der Waals surface area contributed by atoms with Gasteiger partial charge in [0.2, 0.25) is 5.91 Å². The summed E-state index contributed by atoms with van der Waals surface area (Å²) >= 11 is 0. The van der Waals surface area contributed by atoms with Crippen LogP contribution in [0.3, 0.4) is 0 Å². The lowest BCUT2D eigenvalue weighted by Crippen LogP contribution is -2.44. The summed E-state index contributed by atoms with van der Waals surface area (Å²) < 4.78 is 0. The smallest absolute Gasteiger partial charge is 0.269 e. The van der Waals surface area contributed by atoms with Gasteiger partial charge in [0.1, 0.15) is 0 Å². The molecule has 1 fully saturated rings. The number of carbonyl (C=O) groups is 1. The maximum atomic E-state index is 10.9. The van der Waals surface area contributed by atoms with E-state index in [0.29, 0.717) is 12.8 Å². The van der Waals surface area contributed by atoms with E-state index in [1.165, 1.54) is 12.1 Å². The van der Waals surface area contributed by atoms with Gasteiger partial charge in [-0.2, -0.15) is 0 Å². The summed E-state index contributed by atoms with van der Waals surface area (Å²) in [6.07, 6.45) is 1.08. The van der Waals surface area contributed by atoms with Crippen LogP contribution in [0.15, 0.2) is 24.3 Å². The Balaban J connectivity index is 2.17. The second kappa shape index (κ2) is 4.28. The van der Waals surface area contributed by atoms with Crippen molar-refractivity contribution in [2.45, 2.75) is 18.9 Å². The van der Waals surface area contributed by atoms with E-state index in [9.17, 15) is 14.9 Å². The molecule has 0 aromatic heterocycles. The average Bonchev–Trinajstić information content (AvgIpc) is 2.30. The lowest BCUT2D eigenvalue weighted by molar-refractivity contribution is -0.384. The monoisotopic (exact) mass is 221 g/mol. The Hall–Kier alpha value is -1.95. The van der Waals surface area contributed by atoms with Crippen molar-refractivity contribution < 1.29 is 9.72 Å². The van der Waals surface area contributed by atoms with Crippen LogP contribution in [0.5, 0.6) is 0 Å². The number of carbonyl (C=O) groups excluding carboxylic acids is 1. The van der Waals surface area contributed by atoms with E-state index in [4.69, 9.17) is 0 Å². The molecule has 0 radical (unpaired) electrons. The van der Waals surface area contributed by atoms with Crippen molar-refractivity contribution in [3.8, 4) is 0 Å². The fourth-order valence-corrected chi connectivity index (χ4v) is 1.68. The minimum absolute atomic E-state index is 0.0540. The van der Waals surface area contributed by atoms with Gasteiger partial charge in [0.15, 0.2) is 0 Å². The molecular weight excluding hydrogens is 210 g/mol. The fourth-order valence-electron chi connectivity index (χ4n) is 1.68. The molecule has 1 aromatic rings. The second-order valence-corrected chi connectivity index (χ2v) is 3.64. The Labute approximate surface area is 91.8 Å². The van der Waals surface area contributed by atoms with Crippen LogP contribution in [0.1, 0.15) is 24.4 Å². The molecule has 16 heavy (non-hydrogen) atoms. The Morgan fingerprint density at radius 3 is 2.88 bits per heavy atom. The third kappa shape index (κ3) is 2.17. The lowest BCUT2D eigenvalue weighted by Gasteiger charge is -2.23. The number of benzene rings is 1. The molecule has 1 saturated heterocycles. The number of nitro benzene ring substituents is 1. The third-order valence-corrected chi connectivity index (χ3v) is 2.53. The zero-order valence-electron chi connectivity index (χ0n) is 8.47. The van der Waals surface area contributed by atoms with Gasteiger partial charge >= 0.3 is 0 Å². The van der Waals surface area contributed by atoms with E-state index in [1.807, 2.05) is 6.07 Å². The molecule has 0 bridgehead atoms. The summed E-state index contributed by atoms with van der Waals surface area (Å²) in [5.41, 5.74) is 6.23. The summed E-state index contributed by atoms with van der Waals surface area (Å²) in [6, 6.07) is 6.37. The summed E-state index contributed by atoms with van der Waals surface area (Å²) in [5, 5.41) is 10.6. The van der Waals surface area contributed by atoms with E-state index >= 15 is 0 Å². The van der Waals surface area contributed by atoms with Crippen molar-refractivity contribution in [2.75, 3.05) is 0 Å². The molecule has 0 saturated carbocycles. The van der Waals surface area contributed by atoms with Gasteiger partial charge < -0.3 is 0 Å². The first-order valence-electron chi connectivity index (χ1n) is 4.95. The number of non-ortho nitro benzene ring substituents is 1. The molecule has 1 heterocycles. The highest BCUT2D eigenvalue weighted by atomic mass is 16.6. The highest BCUT2D eigenvalue weighted by Crippen LogP contribution is 2.23. The molecule has 1 amide bonds. The Kier molecular flexibility index (Phi) is 2.82. The molecule has 0 spiro atoms. The van der Waals surface area contributed by atoms with E-state index in [2.05, 4.69) is 10.9 Å². The third-order valence-electron chi connectivity index (χ3n) is 2.53. The van der Waals surface area contributed by atoms with Crippen LogP contribution < -0.4 is 10.9 Å². The minimum atomic E-state index is -0.426. The zero-order chi connectivity index (χ0) is 11.5. The summed E-state index contributed by atoms with van der Waals surface area (Å²) in [4.78, 5) is 21.1. The van der Waals surface area contributed by atoms with E-state index in [1.54, 1.807) is 6.07 Å². The highest BCUT2D eigenvalue weighted by molar-refractivity contribution is 5.76. The van der Waals surface area contributed by atoms with Gasteiger partial charge in [0, 0.05) is 18.6 Å². The molecular formula is C10H11N3O3. The molecule has 2 rings (SSSR count). The van der Waals surface area contributed by atoms with Gasteiger partial charge in [-0.1, -0.05) is 12.1 Å². The van der Waals surface area contributed by atoms with Crippen molar-refractivity contribution >= 4 is 11.6 Å². The number of nitrogens with one attached hydrogen (secondary N) is 2. The molecule has 6 heteroatoms. The molecule has 1 atom stereocenters. The van der Waals surface area contributed by atoms with Crippen molar-refractivity contribution in [3.05, 3.63) is 39.9 Å². The molecule has 1 aliphatic rings. The summed E-state index contributed by atoms with van der Waals surface area (Å²) in [5.74, 6) is -0.0540. The fraction of sp³-hybridized carbons (Fsp3) is 0.300. The van der Waals surface area contributed by atoms with Crippen molar-refractivity contribution in [2.24, 2.45) is 0 Å². The summed E-state index contributed by atoms with van der Waals surface area (Å²) in [7, 11) is 0. The number of hydrazine groups is 1. The van der Waals surface area contributed by atoms with Gasteiger partial charge in [-0.25, -0.2) is 5.43 Å². The Bertz CT molecular complexity index is 423. The predicted molar refractivity (Wildman–Crippen MR) is 56.3 cm³/mol. The van der Waals surface area contributed by atoms with Gasteiger partial charge in [-0.3, -0.25) is 20.3 Å². The molecule has 84 valence electrons. The number of hydrogen-bond donors (Lipinski definition) is 2. The predicted octanol–water partition coefficient (Wildman–Crippen LogP) is 1.05. The number of amides is 1. The first-order chi connectivity index (χ1) is 7.66. The van der Waals surface area contributed by atoms with E-state index in [0.717, 1.165) is 5.56 Å². The van der Waals surface area contributed by atoms with Crippen LogP contribution in [-0.2, 0) is 4.79 Å². The van der Waals surface area contributed by atoms with Crippen molar-refractivity contribution in [3.63, 3.8) is 0 Å². The lowest BCUT2D eigenvalue weighted by atomic mass is 10.0. The minimum Gasteiger partial charge on any atom is -0.291 e. The largest absolute Gasteiger partial charge is 0.291 e. The maximum absolute atomic E-state index is 10.9. The van der Waals surface area contributed by atoms with Crippen LogP contribution in [0.4, 0.5) is 5.69 Å². The summed E-state index contributed by atoms with van der Waals surface area (Å²) in [6.45, 7) is 0. The maximum Gasteiger partial charge on any atom is 0.269 e. The van der Waals surface area contributed by atoms with Crippen LogP contribution in [0.2, 0.25) is 0 Å². The first kappa shape index (κ1) is 10.6. The van der Waals surface area contributed by atoms with E-state index < -0.39 is 4.92 Å². The number of nitro groups is 1. The van der Waals surface area contributed by atoms with Gasteiger partial charge in [-0.15, -0.1) is 0 Å². The van der Waals surface area contributed by atoms with Crippen LogP contribution in [-0.4, -0.2) is 10.8 Å². The average molecular weight is 221 g/mol. The first-order valence-corrected chi connectivity index (χ1v) is 4.95.